The third kappa shape index (κ3) is 3.35. The molecule has 3 atom stereocenters. The van der Waals surface area contributed by atoms with Crippen molar-refractivity contribution in [1.29, 1.82) is 0 Å². The summed E-state index contributed by atoms with van der Waals surface area (Å²) < 4.78 is 5.41. The van der Waals surface area contributed by atoms with Crippen molar-refractivity contribution >= 4 is 17.5 Å². The molecule has 0 aromatic heterocycles. The summed E-state index contributed by atoms with van der Waals surface area (Å²) in [5.74, 6) is 1.02. The van der Waals surface area contributed by atoms with Gasteiger partial charge in [0, 0.05) is 25.6 Å². The SMILES string of the molecule is CCOC[C@@H]1CN(C(=O)[C@H](C)Cl)C[C@H]1C. The lowest BCUT2D eigenvalue weighted by Crippen LogP contribution is -2.34. The van der Waals surface area contributed by atoms with E-state index in [9.17, 15) is 4.79 Å². The molecular formula is C11H20ClNO2. The number of rotatable bonds is 4. The smallest absolute Gasteiger partial charge is 0.240 e. The van der Waals surface area contributed by atoms with Gasteiger partial charge in [0.15, 0.2) is 0 Å². The molecule has 0 aliphatic carbocycles. The van der Waals surface area contributed by atoms with E-state index in [0.29, 0.717) is 11.8 Å². The first-order valence-corrected chi connectivity index (χ1v) is 6.00. The van der Waals surface area contributed by atoms with Crippen LogP contribution >= 0.6 is 11.6 Å². The first kappa shape index (κ1) is 12.8. The Morgan fingerprint density at radius 1 is 1.60 bits per heavy atom. The van der Waals surface area contributed by atoms with E-state index in [1.54, 1.807) is 6.92 Å². The van der Waals surface area contributed by atoms with Gasteiger partial charge >= 0.3 is 0 Å². The highest BCUT2D eigenvalue weighted by Crippen LogP contribution is 2.24. The second kappa shape index (κ2) is 5.71. The number of hydrogen-bond donors (Lipinski definition) is 0. The zero-order valence-corrected chi connectivity index (χ0v) is 10.5. The summed E-state index contributed by atoms with van der Waals surface area (Å²) in [4.78, 5) is 13.5. The molecule has 3 nitrogen and oxygen atoms in total. The van der Waals surface area contributed by atoms with Crippen LogP contribution in [-0.4, -0.2) is 42.5 Å². The van der Waals surface area contributed by atoms with Crippen molar-refractivity contribution < 1.29 is 9.53 Å². The standard InChI is InChI=1S/C11H20ClNO2/c1-4-15-7-10-6-13(5-8(10)2)11(14)9(3)12/h8-10H,4-7H2,1-3H3/t8-,9+,10+/m1/s1. The normalized spacial score (nSPS) is 28.1. The zero-order valence-electron chi connectivity index (χ0n) is 9.70. The van der Waals surface area contributed by atoms with Crippen LogP contribution in [0.15, 0.2) is 0 Å². The largest absolute Gasteiger partial charge is 0.381 e. The fraction of sp³-hybridized carbons (Fsp3) is 0.909. The molecule has 0 N–H and O–H groups in total. The van der Waals surface area contributed by atoms with Crippen LogP contribution in [0.3, 0.4) is 0 Å². The van der Waals surface area contributed by atoms with E-state index in [1.807, 2.05) is 11.8 Å². The molecule has 1 fully saturated rings. The third-order valence-electron chi connectivity index (χ3n) is 2.96. The van der Waals surface area contributed by atoms with Gasteiger partial charge < -0.3 is 9.64 Å². The van der Waals surface area contributed by atoms with Gasteiger partial charge in [0.05, 0.1) is 6.61 Å². The fourth-order valence-corrected chi connectivity index (χ4v) is 2.09. The van der Waals surface area contributed by atoms with E-state index < -0.39 is 5.38 Å². The van der Waals surface area contributed by atoms with E-state index in [0.717, 1.165) is 26.3 Å². The fourth-order valence-electron chi connectivity index (χ4n) is 1.95. The van der Waals surface area contributed by atoms with E-state index in [4.69, 9.17) is 16.3 Å². The highest BCUT2D eigenvalue weighted by molar-refractivity contribution is 6.30. The first-order valence-electron chi connectivity index (χ1n) is 5.56. The van der Waals surface area contributed by atoms with Crippen LogP contribution < -0.4 is 0 Å². The molecule has 0 aromatic rings. The third-order valence-corrected chi connectivity index (χ3v) is 3.14. The lowest BCUT2D eigenvalue weighted by atomic mass is 9.99. The minimum absolute atomic E-state index is 0.0440. The van der Waals surface area contributed by atoms with Gasteiger partial charge in [-0.1, -0.05) is 6.92 Å². The second-order valence-electron chi connectivity index (χ2n) is 4.26. The van der Waals surface area contributed by atoms with Crippen LogP contribution in [-0.2, 0) is 9.53 Å². The highest BCUT2D eigenvalue weighted by atomic mass is 35.5. The van der Waals surface area contributed by atoms with Gasteiger partial charge in [0.1, 0.15) is 5.38 Å². The van der Waals surface area contributed by atoms with Crippen LogP contribution in [0.25, 0.3) is 0 Å². The number of alkyl halides is 1. The molecular weight excluding hydrogens is 214 g/mol. The van der Waals surface area contributed by atoms with Crippen LogP contribution in [0.4, 0.5) is 0 Å². The van der Waals surface area contributed by atoms with E-state index in [-0.39, 0.29) is 5.91 Å². The maximum Gasteiger partial charge on any atom is 0.240 e. The summed E-state index contributed by atoms with van der Waals surface area (Å²) in [6, 6.07) is 0. The van der Waals surface area contributed by atoms with E-state index in [2.05, 4.69) is 6.92 Å². The van der Waals surface area contributed by atoms with Gasteiger partial charge in [0.25, 0.3) is 0 Å². The number of carbonyl (C=O) groups excluding carboxylic acids is 1. The summed E-state index contributed by atoms with van der Waals surface area (Å²) in [6.07, 6.45) is 0. The molecule has 1 aliphatic heterocycles. The average molecular weight is 234 g/mol. The Balaban J connectivity index is 2.44. The molecule has 0 unspecified atom stereocenters. The highest BCUT2D eigenvalue weighted by Gasteiger charge is 2.33. The van der Waals surface area contributed by atoms with Crippen molar-refractivity contribution in [3.63, 3.8) is 0 Å². The van der Waals surface area contributed by atoms with Gasteiger partial charge in [-0.3, -0.25) is 4.79 Å². The number of carbonyl (C=O) groups is 1. The molecule has 1 rings (SSSR count). The maximum absolute atomic E-state index is 11.7. The van der Waals surface area contributed by atoms with E-state index in [1.165, 1.54) is 0 Å². The van der Waals surface area contributed by atoms with Crippen molar-refractivity contribution in [3.8, 4) is 0 Å². The quantitative estimate of drug-likeness (QED) is 0.693. The Labute approximate surface area is 96.7 Å². The molecule has 0 saturated carbocycles. The molecule has 0 radical (unpaired) electrons. The number of amides is 1. The van der Waals surface area contributed by atoms with Crippen LogP contribution in [0.2, 0.25) is 0 Å². The molecule has 1 heterocycles. The Morgan fingerprint density at radius 2 is 2.27 bits per heavy atom. The first-order chi connectivity index (χ1) is 7.06. The maximum atomic E-state index is 11.7. The van der Waals surface area contributed by atoms with Gasteiger partial charge in [-0.25, -0.2) is 0 Å². The Bertz CT molecular complexity index is 221. The summed E-state index contributed by atoms with van der Waals surface area (Å²) in [5, 5.41) is -0.414. The molecule has 0 aromatic carbocycles. The van der Waals surface area contributed by atoms with Crippen LogP contribution in [0.1, 0.15) is 20.8 Å². The van der Waals surface area contributed by atoms with Crippen molar-refractivity contribution in [2.45, 2.75) is 26.1 Å². The molecule has 4 heteroatoms. The van der Waals surface area contributed by atoms with Crippen LogP contribution in [0, 0.1) is 11.8 Å². The molecule has 0 spiro atoms. The number of hydrogen-bond acceptors (Lipinski definition) is 2. The number of nitrogens with zero attached hydrogens (tertiary/aromatic N) is 1. The minimum atomic E-state index is -0.414. The zero-order chi connectivity index (χ0) is 11.4. The van der Waals surface area contributed by atoms with Gasteiger partial charge in [-0.15, -0.1) is 11.6 Å². The monoisotopic (exact) mass is 233 g/mol. The number of halogens is 1. The number of ether oxygens (including phenoxy) is 1. The minimum Gasteiger partial charge on any atom is -0.381 e. The van der Waals surface area contributed by atoms with Gasteiger partial charge in [0.2, 0.25) is 5.91 Å². The Hall–Kier alpha value is -0.280. The predicted molar refractivity (Wildman–Crippen MR) is 61.0 cm³/mol. The molecule has 0 bridgehead atoms. The van der Waals surface area contributed by atoms with Crippen molar-refractivity contribution in [2.24, 2.45) is 11.8 Å². The summed E-state index contributed by atoms with van der Waals surface area (Å²) >= 11 is 5.79. The molecule has 88 valence electrons. The van der Waals surface area contributed by atoms with Crippen molar-refractivity contribution in [2.75, 3.05) is 26.3 Å². The van der Waals surface area contributed by atoms with Gasteiger partial charge in [-0.2, -0.15) is 0 Å². The lowest BCUT2D eigenvalue weighted by Gasteiger charge is -2.17. The average Bonchev–Trinajstić information content (AvgIpc) is 2.55. The molecule has 1 amide bonds. The molecule has 1 saturated heterocycles. The van der Waals surface area contributed by atoms with Crippen molar-refractivity contribution in [3.05, 3.63) is 0 Å². The molecule has 15 heavy (non-hydrogen) atoms. The van der Waals surface area contributed by atoms with Crippen LogP contribution in [0.5, 0.6) is 0 Å². The summed E-state index contributed by atoms with van der Waals surface area (Å²) in [5.41, 5.74) is 0. The predicted octanol–water partition coefficient (Wildman–Crippen LogP) is 1.74. The lowest BCUT2D eigenvalue weighted by molar-refractivity contribution is -0.129. The topological polar surface area (TPSA) is 29.5 Å². The van der Waals surface area contributed by atoms with Crippen molar-refractivity contribution in [1.82, 2.24) is 4.90 Å². The Kier molecular flexibility index (Phi) is 4.87. The summed E-state index contributed by atoms with van der Waals surface area (Å²) in [7, 11) is 0. The number of likely N-dealkylation sites (tertiary alicyclic amines) is 1. The van der Waals surface area contributed by atoms with E-state index >= 15 is 0 Å². The summed E-state index contributed by atoms with van der Waals surface area (Å²) in [6.45, 7) is 8.97. The van der Waals surface area contributed by atoms with Gasteiger partial charge in [-0.05, 0) is 19.8 Å². The second-order valence-corrected chi connectivity index (χ2v) is 4.91. The Morgan fingerprint density at radius 3 is 2.80 bits per heavy atom. The molecule has 1 aliphatic rings.